The molecule has 0 aromatic heterocycles. The Bertz CT molecular complexity index is 1280. The standard InChI is InChI=1S/C33H36O3S/c1-3-33-24-16-22-15-23(18-24)31(29(33)17-22)28-19-27(14-21(2)32(28)35-20-30(34)36-33)37(25-10-6-4-7-11-25)26-12-8-5-9-13-26/h4-14,19,22-24,29,31,37H,3,15-18,20H2,1-2H3. The summed E-state index contributed by atoms with van der Waals surface area (Å²) in [7, 11) is -0.710. The molecule has 6 bridgehead atoms. The van der Waals surface area contributed by atoms with Gasteiger partial charge in [-0.05, 0) is 125 Å². The molecule has 192 valence electrons. The number of benzene rings is 3. The number of hydrogen-bond donors (Lipinski definition) is 1. The maximum atomic E-state index is 13.1. The number of ether oxygens (including phenoxy) is 2. The number of carbonyl (C=O) groups excluding carboxylic acids is 1. The van der Waals surface area contributed by atoms with E-state index in [9.17, 15) is 4.79 Å². The third kappa shape index (κ3) is 3.66. The Morgan fingerprint density at radius 3 is 2.27 bits per heavy atom. The topological polar surface area (TPSA) is 35.5 Å². The second kappa shape index (κ2) is 8.94. The Kier molecular flexibility index (Phi) is 5.65. The molecule has 3 aromatic rings. The van der Waals surface area contributed by atoms with Crippen LogP contribution in [0.25, 0.3) is 0 Å². The molecule has 8 rings (SSSR count). The van der Waals surface area contributed by atoms with E-state index in [2.05, 4.69) is 86.6 Å². The molecule has 37 heavy (non-hydrogen) atoms. The van der Waals surface area contributed by atoms with Crippen molar-refractivity contribution < 1.29 is 14.3 Å². The Balaban J connectivity index is 1.43. The summed E-state index contributed by atoms with van der Waals surface area (Å²) in [5.41, 5.74) is 2.13. The minimum absolute atomic E-state index is 0.00131. The molecular formula is C33H36O3S. The van der Waals surface area contributed by atoms with Gasteiger partial charge in [0, 0.05) is 5.92 Å². The molecule has 1 aliphatic heterocycles. The Morgan fingerprint density at radius 2 is 1.59 bits per heavy atom. The number of rotatable bonds is 4. The molecule has 3 aromatic carbocycles. The second-order valence-corrected chi connectivity index (χ2v) is 13.9. The quantitative estimate of drug-likeness (QED) is 0.287. The van der Waals surface area contributed by atoms with Crippen molar-refractivity contribution in [3.63, 3.8) is 0 Å². The van der Waals surface area contributed by atoms with Crippen LogP contribution in [-0.2, 0) is 9.53 Å². The summed E-state index contributed by atoms with van der Waals surface area (Å²) in [4.78, 5) is 17.2. The number of hydrogen-bond acceptors (Lipinski definition) is 3. The predicted octanol–water partition coefficient (Wildman–Crippen LogP) is 7.71. The van der Waals surface area contributed by atoms with Gasteiger partial charge in [-0.3, -0.25) is 0 Å². The zero-order chi connectivity index (χ0) is 25.1. The summed E-state index contributed by atoms with van der Waals surface area (Å²) in [6.45, 7) is 4.40. The lowest BCUT2D eigenvalue weighted by Gasteiger charge is -2.63. The molecule has 0 N–H and O–H groups in total. The van der Waals surface area contributed by atoms with Gasteiger partial charge in [0.25, 0.3) is 0 Å². The first-order valence-electron chi connectivity index (χ1n) is 14.0. The number of thiol groups is 1. The molecular weight excluding hydrogens is 476 g/mol. The van der Waals surface area contributed by atoms with Crippen LogP contribution in [0.5, 0.6) is 5.75 Å². The predicted molar refractivity (Wildman–Crippen MR) is 148 cm³/mol. The SMILES string of the molecule is CCC12OC(=O)COc3c(C)cc([SH](c4ccccc4)c4ccccc4)cc3C3C4CC(CC1C4)CC32. The first-order valence-corrected chi connectivity index (χ1v) is 15.3. The first-order chi connectivity index (χ1) is 18.1. The van der Waals surface area contributed by atoms with Crippen LogP contribution in [0.4, 0.5) is 0 Å². The molecule has 4 aliphatic carbocycles. The summed E-state index contributed by atoms with van der Waals surface area (Å²) in [5, 5.41) is 0. The Hall–Kier alpha value is -2.72. The van der Waals surface area contributed by atoms with Crippen molar-refractivity contribution in [1.82, 2.24) is 0 Å². The van der Waals surface area contributed by atoms with Gasteiger partial charge in [-0.2, -0.15) is 10.9 Å². The lowest BCUT2D eigenvalue weighted by molar-refractivity contribution is -0.216. The minimum Gasteiger partial charge on any atom is -0.481 e. The fraction of sp³-hybridized carbons (Fsp3) is 0.424. The van der Waals surface area contributed by atoms with Gasteiger partial charge in [-0.25, -0.2) is 4.79 Å². The van der Waals surface area contributed by atoms with E-state index < -0.39 is 10.9 Å². The molecule has 0 saturated heterocycles. The lowest BCUT2D eigenvalue weighted by atomic mass is 9.44. The number of carbonyl (C=O) groups is 1. The van der Waals surface area contributed by atoms with Crippen LogP contribution < -0.4 is 4.74 Å². The summed E-state index contributed by atoms with van der Waals surface area (Å²) in [6, 6.07) is 26.7. The lowest BCUT2D eigenvalue weighted by Crippen LogP contribution is -2.62. The molecule has 4 heteroatoms. The van der Waals surface area contributed by atoms with Crippen molar-refractivity contribution in [2.45, 2.75) is 72.2 Å². The number of fused-ring (bicyclic) bond motifs is 1. The molecule has 4 fully saturated rings. The van der Waals surface area contributed by atoms with E-state index in [1.165, 1.54) is 45.9 Å². The molecule has 3 nitrogen and oxygen atoms in total. The third-order valence-electron chi connectivity index (χ3n) is 9.81. The van der Waals surface area contributed by atoms with E-state index in [4.69, 9.17) is 9.47 Å². The zero-order valence-electron chi connectivity index (χ0n) is 21.7. The van der Waals surface area contributed by atoms with Crippen molar-refractivity contribution in [3.8, 4) is 5.75 Å². The van der Waals surface area contributed by atoms with E-state index in [1.807, 2.05) is 0 Å². The minimum atomic E-state index is -0.710. The average Bonchev–Trinajstić information content (AvgIpc) is 2.95. The van der Waals surface area contributed by atoms with Crippen LogP contribution in [0.15, 0.2) is 87.5 Å². The van der Waals surface area contributed by atoms with Gasteiger partial charge in [-0.15, -0.1) is 0 Å². The van der Waals surface area contributed by atoms with Gasteiger partial charge in [-0.1, -0.05) is 43.3 Å². The normalized spacial score (nSPS) is 31.9. The van der Waals surface area contributed by atoms with Crippen LogP contribution in [0.3, 0.4) is 0 Å². The van der Waals surface area contributed by atoms with Crippen molar-refractivity contribution in [3.05, 3.63) is 83.9 Å². The van der Waals surface area contributed by atoms with Crippen molar-refractivity contribution in [2.75, 3.05) is 6.61 Å². The van der Waals surface area contributed by atoms with Gasteiger partial charge < -0.3 is 9.47 Å². The van der Waals surface area contributed by atoms with Gasteiger partial charge in [0.2, 0.25) is 0 Å². The molecule has 6 atom stereocenters. The highest BCUT2D eigenvalue weighted by Crippen LogP contribution is 2.67. The van der Waals surface area contributed by atoms with Gasteiger partial charge in [0.05, 0.1) is 0 Å². The fourth-order valence-corrected chi connectivity index (χ4v) is 11.0. The molecule has 0 radical (unpaired) electrons. The fourth-order valence-electron chi connectivity index (χ4n) is 8.59. The zero-order valence-corrected chi connectivity index (χ0v) is 22.6. The van der Waals surface area contributed by atoms with E-state index in [0.29, 0.717) is 23.7 Å². The van der Waals surface area contributed by atoms with E-state index in [-0.39, 0.29) is 18.2 Å². The highest BCUT2D eigenvalue weighted by atomic mass is 32.2. The average molecular weight is 513 g/mol. The van der Waals surface area contributed by atoms with Gasteiger partial charge in [0.15, 0.2) is 6.61 Å². The largest absolute Gasteiger partial charge is 0.481 e. The number of aryl methyl sites for hydroxylation is 1. The molecule has 5 aliphatic rings. The number of esters is 1. The van der Waals surface area contributed by atoms with E-state index >= 15 is 0 Å². The highest BCUT2D eigenvalue weighted by molar-refractivity contribution is 8.17. The van der Waals surface area contributed by atoms with Crippen LogP contribution in [0.1, 0.15) is 56.1 Å². The van der Waals surface area contributed by atoms with Crippen molar-refractivity contribution in [1.29, 1.82) is 0 Å². The maximum absolute atomic E-state index is 13.1. The Morgan fingerprint density at radius 1 is 0.892 bits per heavy atom. The van der Waals surface area contributed by atoms with Crippen LogP contribution in [-0.4, -0.2) is 18.2 Å². The van der Waals surface area contributed by atoms with Crippen LogP contribution >= 0.6 is 10.9 Å². The third-order valence-corrected chi connectivity index (χ3v) is 12.2. The second-order valence-electron chi connectivity index (χ2n) is 11.7. The molecule has 4 saturated carbocycles. The maximum Gasteiger partial charge on any atom is 0.344 e. The smallest absolute Gasteiger partial charge is 0.344 e. The van der Waals surface area contributed by atoms with Gasteiger partial charge in [0.1, 0.15) is 11.4 Å². The van der Waals surface area contributed by atoms with E-state index in [0.717, 1.165) is 23.7 Å². The summed E-state index contributed by atoms with van der Waals surface area (Å²) >= 11 is 0. The molecule has 0 amide bonds. The summed E-state index contributed by atoms with van der Waals surface area (Å²) in [6.07, 6.45) is 5.78. The van der Waals surface area contributed by atoms with Gasteiger partial charge >= 0.3 is 5.97 Å². The van der Waals surface area contributed by atoms with Crippen molar-refractivity contribution >= 4 is 16.9 Å². The molecule has 1 heterocycles. The summed E-state index contributed by atoms with van der Waals surface area (Å²) in [5.74, 6) is 3.43. The first kappa shape index (κ1) is 23.4. The monoisotopic (exact) mass is 512 g/mol. The van der Waals surface area contributed by atoms with Crippen molar-refractivity contribution in [2.24, 2.45) is 23.7 Å². The highest BCUT2D eigenvalue weighted by Gasteiger charge is 2.63. The van der Waals surface area contributed by atoms with Crippen LogP contribution in [0, 0.1) is 30.6 Å². The molecule has 0 spiro atoms. The van der Waals surface area contributed by atoms with Crippen LogP contribution in [0.2, 0.25) is 0 Å². The molecule has 6 unspecified atom stereocenters. The van der Waals surface area contributed by atoms with E-state index in [1.54, 1.807) is 0 Å². The summed E-state index contributed by atoms with van der Waals surface area (Å²) < 4.78 is 12.8. The Labute approximate surface area is 222 Å².